The van der Waals surface area contributed by atoms with Crippen molar-refractivity contribution < 1.29 is 9.59 Å². The molecule has 1 heterocycles. The maximum atomic E-state index is 11.9. The molecule has 1 aromatic carbocycles. The number of fused-ring (bicyclic) bond motifs is 1. The third-order valence-electron chi connectivity index (χ3n) is 2.63. The van der Waals surface area contributed by atoms with Crippen LogP contribution in [0.5, 0.6) is 0 Å². The van der Waals surface area contributed by atoms with Gasteiger partial charge >= 0.3 is 0 Å². The van der Waals surface area contributed by atoms with Gasteiger partial charge in [0.05, 0.1) is 11.1 Å². The Bertz CT molecular complexity index is 407. The summed E-state index contributed by atoms with van der Waals surface area (Å²) in [5, 5.41) is 0. The van der Waals surface area contributed by atoms with Crippen LogP contribution in [0.25, 0.3) is 0 Å². The number of carbonyl (C=O) groups is 2. The molecular formula is C12H12BrNO2. The number of carbonyl (C=O) groups excluding carboxylic acids is 2. The van der Waals surface area contributed by atoms with Crippen LogP contribution in [0.4, 0.5) is 0 Å². The van der Waals surface area contributed by atoms with E-state index >= 15 is 0 Å². The lowest BCUT2D eigenvalue weighted by molar-refractivity contribution is 0.0653. The number of imide groups is 1. The van der Waals surface area contributed by atoms with Gasteiger partial charge < -0.3 is 0 Å². The molecule has 4 heteroatoms. The van der Waals surface area contributed by atoms with Gasteiger partial charge in [-0.05, 0) is 18.6 Å². The summed E-state index contributed by atoms with van der Waals surface area (Å²) in [6.45, 7) is 2.47. The highest BCUT2D eigenvalue weighted by Crippen LogP contribution is 2.23. The second-order valence-corrected chi connectivity index (χ2v) is 5.44. The monoisotopic (exact) mass is 281 g/mol. The van der Waals surface area contributed by atoms with E-state index in [0.717, 1.165) is 6.42 Å². The van der Waals surface area contributed by atoms with Crippen LogP contribution in [0, 0.1) is 0 Å². The quantitative estimate of drug-likeness (QED) is 0.631. The van der Waals surface area contributed by atoms with Gasteiger partial charge in [-0.15, -0.1) is 0 Å². The van der Waals surface area contributed by atoms with E-state index in [4.69, 9.17) is 0 Å². The third-order valence-corrected chi connectivity index (χ3v) is 3.09. The highest BCUT2D eigenvalue weighted by atomic mass is 79.9. The van der Waals surface area contributed by atoms with Gasteiger partial charge in [0, 0.05) is 11.4 Å². The van der Waals surface area contributed by atoms with Crippen molar-refractivity contribution in [1.82, 2.24) is 4.90 Å². The lowest BCUT2D eigenvalue weighted by Gasteiger charge is -2.14. The standard InChI is InChI=1S/C12H12BrNO2/c1-8(13)6-7-14-11(15)9-4-2-3-5-10(9)12(14)16/h2-5,8H,6-7H2,1H3/t8-/m0/s1. The van der Waals surface area contributed by atoms with E-state index in [-0.39, 0.29) is 11.8 Å². The van der Waals surface area contributed by atoms with Crippen LogP contribution in [0.2, 0.25) is 0 Å². The van der Waals surface area contributed by atoms with Crippen LogP contribution in [0.1, 0.15) is 34.1 Å². The molecule has 0 N–H and O–H groups in total. The minimum Gasteiger partial charge on any atom is -0.274 e. The maximum Gasteiger partial charge on any atom is 0.261 e. The predicted molar refractivity (Wildman–Crippen MR) is 64.8 cm³/mol. The molecule has 0 bridgehead atoms. The van der Waals surface area contributed by atoms with E-state index in [9.17, 15) is 9.59 Å². The Kier molecular flexibility index (Phi) is 3.10. The molecule has 16 heavy (non-hydrogen) atoms. The summed E-state index contributed by atoms with van der Waals surface area (Å²) in [4.78, 5) is 25.4. The van der Waals surface area contributed by atoms with Gasteiger partial charge in [0.2, 0.25) is 0 Å². The molecule has 0 aromatic heterocycles. The number of benzene rings is 1. The minimum absolute atomic E-state index is 0.172. The highest BCUT2D eigenvalue weighted by molar-refractivity contribution is 9.09. The maximum absolute atomic E-state index is 11.9. The number of hydrogen-bond acceptors (Lipinski definition) is 2. The van der Waals surface area contributed by atoms with Crippen LogP contribution in [-0.2, 0) is 0 Å². The fraction of sp³-hybridized carbons (Fsp3) is 0.333. The Morgan fingerprint density at radius 2 is 1.69 bits per heavy atom. The van der Waals surface area contributed by atoms with Gasteiger partial charge in [-0.25, -0.2) is 0 Å². The van der Waals surface area contributed by atoms with Crippen LogP contribution >= 0.6 is 15.9 Å². The first-order valence-corrected chi connectivity index (χ1v) is 6.12. The molecule has 3 nitrogen and oxygen atoms in total. The minimum atomic E-state index is -0.172. The SMILES string of the molecule is C[C@H](Br)CCN1C(=O)c2ccccc2C1=O. The molecule has 2 amide bonds. The van der Waals surface area contributed by atoms with Crippen molar-refractivity contribution in [2.45, 2.75) is 18.2 Å². The summed E-state index contributed by atoms with van der Waals surface area (Å²) < 4.78 is 0. The molecule has 1 aliphatic rings. The average Bonchev–Trinajstić information content (AvgIpc) is 2.50. The Hall–Kier alpha value is -1.16. The summed E-state index contributed by atoms with van der Waals surface area (Å²) in [7, 11) is 0. The van der Waals surface area contributed by atoms with Gasteiger partial charge in [0.25, 0.3) is 11.8 Å². The normalized spacial score (nSPS) is 16.5. The number of hydrogen-bond donors (Lipinski definition) is 0. The van der Waals surface area contributed by atoms with Crippen molar-refractivity contribution in [2.75, 3.05) is 6.54 Å². The Balaban J connectivity index is 2.22. The third kappa shape index (κ3) is 1.89. The zero-order valence-corrected chi connectivity index (χ0v) is 10.5. The summed E-state index contributed by atoms with van der Waals surface area (Å²) in [5.74, 6) is -0.345. The largest absolute Gasteiger partial charge is 0.274 e. The number of halogens is 1. The molecule has 0 saturated carbocycles. The fourth-order valence-corrected chi connectivity index (χ4v) is 1.95. The van der Waals surface area contributed by atoms with Crippen LogP contribution in [-0.4, -0.2) is 28.1 Å². The van der Waals surface area contributed by atoms with Gasteiger partial charge in [0.1, 0.15) is 0 Å². The molecule has 0 spiro atoms. The molecule has 0 saturated heterocycles. The molecule has 84 valence electrons. The fourth-order valence-electron chi connectivity index (χ4n) is 1.75. The molecule has 0 radical (unpaired) electrons. The van der Waals surface area contributed by atoms with Crippen molar-refractivity contribution in [1.29, 1.82) is 0 Å². The average molecular weight is 282 g/mol. The zero-order chi connectivity index (χ0) is 11.7. The van der Waals surface area contributed by atoms with E-state index in [1.54, 1.807) is 24.3 Å². The lowest BCUT2D eigenvalue weighted by atomic mass is 10.1. The van der Waals surface area contributed by atoms with Gasteiger partial charge in [-0.1, -0.05) is 35.0 Å². The van der Waals surface area contributed by atoms with Gasteiger partial charge in [-0.3, -0.25) is 14.5 Å². The Morgan fingerprint density at radius 1 is 1.19 bits per heavy atom. The second kappa shape index (κ2) is 4.37. The first-order valence-electron chi connectivity index (χ1n) is 5.20. The van der Waals surface area contributed by atoms with Crippen LogP contribution in [0.15, 0.2) is 24.3 Å². The van der Waals surface area contributed by atoms with E-state index in [0.29, 0.717) is 22.5 Å². The Labute approximate surface area is 103 Å². The van der Waals surface area contributed by atoms with Crippen molar-refractivity contribution in [2.24, 2.45) is 0 Å². The van der Waals surface area contributed by atoms with E-state index in [2.05, 4.69) is 15.9 Å². The van der Waals surface area contributed by atoms with Crippen LogP contribution in [0.3, 0.4) is 0 Å². The summed E-state index contributed by atoms with van der Waals surface area (Å²) >= 11 is 3.41. The number of nitrogens with zero attached hydrogens (tertiary/aromatic N) is 1. The van der Waals surface area contributed by atoms with Crippen molar-refractivity contribution >= 4 is 27.7 Å². The molecule has 1 aromatic rings. The summed E-state index contributed by atoms with van der Waals surface area (Å²) in [6, 6.07) is 6.96. The topological polar surface area (TPSA) is 37.4 Å². The van der Waals surface area contributed by atoms with Crippen molar-refractivity contribution in [3.05, 3.63) is 35.4 Å². The molecule has 1 atom stereocenters. The van der Waals surface area contributed by atoms with Crippen LogP contribution < -0.4 is 0 Å². The first-order chi connectivity index (χ1) is 7.61. The second-order valence-electron chi connectivity index (χ2n) is 3.88. The molecule has 0 aliphatic carbocycles. The number of amides is 2. The van der Waals surface area contributed by atoms with E-state index in [1.165, 1.54) is 4.90 Å². The van der Waals surface area contributed by atoms with Gasteiger partial charge in [0.15, 0.2) is 0 Å². The molecular weight excluding hydrogens is 270 g/mol. The summed E-state index contributed by atoms with van der Waals surface area (Å²) in [6.07, 6.45) is 0.769. The smallest absolute Gasteiger partial charge is 0.261 e. The first kappa shape index (κ1) is 11.3. The molecule has 0 unspecified atom stereocenters. The number of rotatable bonds is 3. The van der Waals surface area contributed by atoms with Crippen molar-refractivity contribution in [3.8, 4) is 0 Å². The van der Waals surface area contributed by atoms with E-state index < -0.39 is 0 Å². The zero-order valence-electron chi connectivity index (χ0n) is 8.94. The predicted octanol–water partition coefficient (Wildman–Crippen LogP) is 2.46. The summed E-state index contributed by atoms with van der Waals surface area (Å²) in [5.41, 5.74) is 1.05. The lowest BCUT2D eigenvalue weighted by Crippen LogP contribution is -2.31. The molecule has 2 rings (SSSR count). The van der Waals surface area contributed by atoms with E-state index in [1.807, 2.05) is 6.92 Å². The Morgan fingerprint density at radius 3 is 2.12 bits per heavy atom. The number of alkyl halides is 1. The molecule has 1 aliphatic heterocycles. The highest BCUT2D eigenvalue weighted by Gasteiger charge is 2.34. The molecule has 0 fully saturated rings. The van der Waals surface area contributed by atoms with Gasteiger partial charge in [-0.2, -0.15) is 0 Å². The van der Waals surface area contributed by atoms with Crippen molar-refractivity contribution in [3.63, 3.8) is 0 Å².